The Balaban J connectivity index is 1.24. The van der Waals surface area contributed by atoms with Crippen LogP contribution in [0.15, 0.2) is 70.0 Å². The predicted octanol–water partition coefficient (Wildman–Crippen LogP) is 2.86. The van der Waals surface area contributed by atoms with Crippen molar-refractivity contribution >= 4 is 5.91 Å². The highest BCUT2D eigenvalue weighted by atomic mass is 16.5. The van der Waals surface area contributed by atoms with Crippen LogP contribution in [-0.2, 0) is 6.54 Å². The fourth-order valence-electron chi connectivity index (χ4n) is 4.12. The number of piperazine rings is 1. The molecule has 0 spiro atoms. The molecule has 35 heavy (non-hydrogen) atoms. The van der Waals surface area contributed by atoms with Gasteiger partial charge in [-0.25, -0.2) is 4.68 Å². The van der Waals surface area contributed by atoms with Gasteiger partial charge in [0.2, 0.25) is 17.1 Å². The second-order valence-electron chi connectivity index (χ2n) is 8.69. The summed E-state index contributed by atoms with van der Waals surface area (Å²) in [6.45, 7) is 6.57. The van der Waals surface area contributed by atoms with Crippen molar-refractivity contribution in [2.75, 3.05) is 26.2 Å². The summed E-state index contributed by atoms with van der Waals surface area (Å²) in [6, 6.07) is 18.9. The maximum atomic E-state index is 13.2. The lowest BCUT2D eigenvalue weighted by Crippen LogP contribution is -2.49. The molecule has 2 aromatic carbocycles. The van der Waals surface area contributed by atoms with E-state index in [1.807, 2.05) is 61.5 Å². The molecule has 0 radical (unpaired) electrons. The van der Waals surface area contributed by atoms with Crippen LogP contribution in [-0.4, -0.2) is 61.8 Å². The van der Waals surface area contributed by atoms with Gasteiger partial charge in [0.05, 0.1) is 12.2 Å². The van der Waals surface area contributed by atoms with Gasteiger partial charge in [0, 0.05) is 43.5 Å². The summed E-state index contributed by atoms with van der Waals surface area (Å²) in [5.74, 6) is 0.749. The predicted molar refractivity (Wildman–Crippen MR) is 130 cm³/mol. The standard InChI is InChI=1S/C26H26N6O3/c1-18-8-10-20(11-9-18)25-27-23(35-29-25)17-30-12-14-31(15-13-30)26(34)24-22(33)16-19(2)32(28-24)21-6-4-3-5-7-21/h3-11,16H,12-15,17H2,1-2H3. The van der Waals surface area contributed by atoms with E-state index in [1.165, 1.54) is 11.6 Å². The van der Waals surface area contributed by atoms with E-state index < -0.39 is 0 Å². The highest BCUT2D eigenvalue weighted by Crippen LogP contribution is 2.18. The number of carbonyl (C=O) groups is 1. The van der Waals surface area contributed by atoms with Crippen molar-refractivity contribution in [2.24, 2.45) is 0 Å². The van der Waals surface area contributed by atoms with E-state index in [-0.39, 0.29) is 17.0 Å². The minimum atomic E-state index is -0.364. The Kier molecular flexibility index (Phi) is 6.24. The summed E-state index contributed by atoms with van der Waals surface area (Å²) in [7, 11) is 0. The summed E-state index contributed by atoms with van der Waals surface area (Å²) >= 11 is 0. The van der Waals surface area contributed by atoms with Crippen LogP contribution in [0.5, 0.6) is 0 Å². The Hall–Kier alpha value is -4.11. The number of para-hydroxylation sites is 1. The van der Waals surface area contributed by atoms with Gasteiger partial charge in [-0.15, -0.1) is 0 Å². The first kappa shape index (κ1) is 22.7. The molecule has 2 aromatic heterocycles. The average Bonchev–Trinajstić information content (AvgIpc) is 3.33. The van der Waals surface area contributed by atoms with Crippen molar-refractivity contribution in [2.45, 2.75) is 20.4 Å². The van der Waals surface area contributed by atoms with Gasteiger partial charge in [-0.1, -0.05) is 53.2 Å². The van der Waals surface area contributed by atoms with E-state index in [0.717, 1.165) is 11.3 Å². The SMILES string of the molecule is Cc1ccc(-c2noc(CN3CCN(C(=O)c4nn(-c5ccccc5)c(C)cc4=O)CC3)n2)cc1. The number of amides is 1. The molecule has 1 saturated heterocycles. The lowest BCUT2D eigenvalue weighted by Gasteiger charge is -2.33. The largest absolute Gasteiger partial charge is 0.338 e. The third-order valence-electron chi connectivity index (χ3n) is 6.11. The zero-order chi connectivity index (χ0) is 24.4. The number of carbonyl (C=O) groups excluding carboxylic acids is 1. The highest BCUT2D eigenvalue weighted by molar-refractivity contribution is 5.92. The molecular formula is C26H26N6O3. The monoisotopic (exact) mass is 470 g/mol. The van der Waals surface area contributed by atoms with Gasteiger partial charge in [0.1, 0.15) is 0 Å². The minimum Gasteiger partial charge on any atom is -0.338 e. The number of rotatable bonds is 5. The number of hydrogen-bond donors (Lipinski definition) is 0. The molecule has 0 N–H and O–H groups in total. The lowest BCUT2D eigenvalue weighted by atomic mass is 10.1. The smallest absolute Gasteiger partial charge is 0.278 e. The molecule has 9 heteroatoms. The Morgan fingerprint density at radius 3 is 2.40 bits per heavy atom. The molecule has 178 valence electrons. The van der Waals surface area contributed by atoms with E-state index in [4.69, 9.17) is 4.52 Å². The quantitative estimate of drug-likeness (QED) is 0.442. The Bertz CT molecular complexity index is 1390. The lowest BCUT2D eigenvalue weighted by molar-refractivity contribution is 0.0606. The minimum absolute atomic E-state index is 0.0625. The summed E-state index contributed by atoms with van der Waals surface area (Å²) in [6.07, 6.45) is 0. The summed E-state index contributed by atoms with van der Waals surface area (Å²) in [5, 5.41) is 8.50. The molecule has 5 rings (SSSR count). The topological polar surface area (TPSA) is 97.4 Å². The Labute approximate surface area is 202 Å². The molecule has 0 bridgehead atoms. The van der Waals surface area contributed by atoms with Crippen LogP contribution in [0.1, 0.15) is 27.6 Å². The summed E-state index contributed by atoms with van der Waals surface area (Å²) < 4.78 is 7.07. The van der Waals surface area contributed by atoms with Crippen LogP contribution in [0, 0.1) is 13.8 Å². The number of hydrogen-bond acceptors (Lipinski definition) is 7. The van der Waals surface area contributed by atoms with Crippen LogP contribution >= 0.6 is 0 Å². The second kappa shape index (κ2) is 9.63. The van der Waals surface area contributed by atoms with Gasteiger partial charge in [-0.3, -0.25) is 14.5 Å². The maximum Gasteiger partial charge on any atom is 0.278 e. The van der Waals surface area contributed by atoms with Crippen LogP contribution < -0.4 is 5.43 Å². The third-order valence-corrected chi connectivity index (χ3v) is 6.11. The zero-order valence-electron chi connectivity index (χ0n) is 19.7. The van der Waals surface area contributed by atoms with E-state index in [2.05, 4.69) is 20.1 Å². The molecule has 9 nitrogen and oxygen atoms in total. The molecule has 0 atom stereocenters. The van der Waals surface area contributed by atoms with Crippen molar-refractivity contribution in [1.82, 2.24) is 29.7 Å². The molecule has 4 aromatic rings. The average molecular weight is 471 g/mol. The number of aromatic nitrogens is 4. The van der Waals surface area contributed by atoms with Gasteiger partial charge in [0.15, 0.2) is 5.69 Å². The molecule has 0 saturated carbocycles. The van der Waals surface area contributed by atoms with Crippen LogP contribution in [0.25, 0.3) is 17.1 Å². The van der Waals surface area contributed by atoms with Crippen molar-refractivity contribution in [3.05, 3.63) is 93.7 Å². The van der Waals surface area contributed by atoms with Crippen molar-refractivity contribution in [3.63, 3.8) is 0 Å². The van der Waals surface area contributed by atoms with Gasteiger partial charge in [0.25, 0.3) is 5.91 Å². The van der Waals surface area contributed by atoms with E-state index in [9.17, 15) is 9.59 Å². The van der Waals surface area contributed by atoms with E-state index in [0.29, 0.717) is 50.1 Å². The van der Waals surface area contributed by atoms with Crippen molar-refractivity contribution in [3.8, 4) is 17.1 Å². The zero-order valence-corrected chi connectivity index (χ0v) is 19.7. The molecule has 3 heterocycles. The highest BCUT2D eigenvalue weighted by Gasteiger charge is 2.26. The number of nitrogens with zero attached hydrogens (tertiary/aromatic N) is 6. The maximum absolute atomic E-state index is 13.2. The molecular weight excluding hydrogens is 444 g/mol. The van der Waals surface area contributed by atoms with Gasteiger partial charge < -0.3 is 9.42 Å². The van der Waals surface area contributed by atoms with Crippen LogP contribution in [0.3, 0.4) is 0 Å². The molecule has 1 amide bonds. The molecule has 1 aliphatic heterocycles. The Morgan fingerprint density at radius 2 is 1.69 bits per heavy atom. The fourth-order valence-corrected chi connectivity index (χ4v) is 4.12. The Morgan fingerprint density at radius 1 is 0.971 bits per heavy atom. The van der Waals surface area contributed by atoms with E-state index >= 15 is 0 Å². The van der Waals surface area contributed by atoms with Crippen LogP contribution in [0.2, 0.25) is 0 Å². The van der Waals surface area contributed by atoms with Crippen molar-refractivity contribution in [1.29, 1.82) is 0 Å². The second-order valence-corrected chi connectivity index (χ2v) is 8.69. The van der Waals surface area contributed by atoms with Crippen LogP contribution in [0.4, 0.5) is 0 Å². The molecule has 0 aliphatic carbocycles. The summed E-state index contributed by atoms with van der Waals surface area (Å²) in [4.78, 5) is 34.1. The summed E-state index contributed by atoms with van der Waals surface area (Å²) in [5.41, 5.74) is 3.13. The van der Waals surface area contributed by atoms with Crippen molar-refractivity contribution < 1.29 is 9.32 Å². The first-order valence-electron chi connectivity index (χ1n) is 11.6. The van der Waals surface area contributed by atoms with Gasteiger partial charge in [-0.05, 0) is 26.0 Å². The number of benzene rings is 2. The van der Waals surface area contributed by atoms with Gasteiger partial charge in [-0.2, -0.15) is 10.1 Å². The molecule has 0 unspecified atom stereocenters. The fraction of sp³-hybridized carbons (Fsp3) is 0.269. The van der Waals surface area contributed by atoms with Gasteiger partial charge >= 0.3 is 0 Å². The normalized spacial score (nSPS) is 14.3. The first-order chi connectivity index (χ1) is 17.0. The molecule has 1 aliphatic rings. The number of aryl methyl sites for hydroxylation is 2. The molecule has 1 fully saturated rings. The van der Waals surface area contributed by atoms with E-state index in [1.54, 1.807) is 16.5 Å². The first-order valence-corrected chi connectivity index (χ1v) is 11.6. The third kappa shape index (κ3) is 4.90.